The largest absolute Gasteiger partial charge is 0.465 e. The predicted octanol–water partition coefficient (Wildman–Crippen LogP) is 1.71. The first-order valence-electron chi connectivity index (χ1n) is 6.15. The first kappa shape index (κ1) is 15.1. The van der Waals surface area contributed by atoms with Gasteiger partial charge in [-0.1, -0.05) is 23.7 Å². The van der Waals surface area contributed by atoms with Crippen molar-refractivity contribution in [3.05, 3.63) is 29.3 Å². The van der Waals surface area contributed by atoms with Gasteiger partial charge in [-0.05, 0) is 18.6 Å². The van der Waals surface area contributed by atoms with Gasteiger partial charge in [0, 0.05) is 26.2 Å². The van der Waals surface area contributed by atoms with Gasteiger partial charge in [-0.2, -0.15) is 4.31 Å². The number of halogens is 1. The third-order valence-corrected chi connectivity index (χ3v) is 5.58. The number of amides is 1. The standard InChI is InChI=1S/C12H15ClN2O4S/c13-10-4-1-2-5-11(10)20(18,19)15-7-3-6-14(8-9-15)12(16)17/h1-2,4-5H,3,6-9H2,(H,16,17). The molecular formula is C12H15ClN2O4S. The molecule has 0 spiro atoms. The van der Waals surface area contributed by atoms with Gasteiger partial charge in [0.15, 0.2) is 0 Å². The lowest BCUT2D eigenvalue weighted by atomic mass is 10.4. The van der Waals surface area contributed by atoms with Gasteiger partial charge in [-0.3, -0.25) is 0 Å². The van der Waals surface area contributed by atoms with E-state index in [0.29, 0.717) is 13.0 Å². The lowest BCUT2D eigenvalue weighted by molar-refractivity contribution is 0.147. The summed E-state index contributed by atoms with van der Waals surface area (Å²) in [5.74, 6) is 0. The van der Waals surface area contributed by atoms with Crippen LogP contribution in [0.3, 0.4) is 0 Å². The van der Waals surface area contributed by atoms with Crippen molar-refractivity contribution in [1.82, 2.24) is 9.21 Å². The smallest absolute Gasteiger partial charge is 0.407 e. The molecule has 1 aromatic carbocycles. The van der Waals surface area contributed by atoms with Crippen LogP contribution in [0.1, 0.15) is 6.42 Å². The van der Waals surface area contributed by atoms with Gasteiger partial charge in [0.25, 0.3) is 0 Å². The quantitative estimate of drug-likeness (QED) is 0.900. The number of nitrogens with zero attached hydrogens (tertiary/aromatic N) is 2. The number of sulfonamides is 1. The molecule has 0 aromatic heterocycles. The van der Waals surface area contributed by atoms with Gasteiger partial charge < -0.3 is 10.0 Å². The van der Waals surface area contributed by atoms with Gasteiger partial charge in [-0.25, -0.2) is 13.2 Å². The SMILES string of the molecule is O=C(O)N1CCCN(S(=O)(=O)c2ccccc2Cl)CC1. The van der Waals surface area contributed by atoms with Gasteiger partial charge in [0.2, 0.25) is 10.0 Å². The highest BCUT2D eigenvalue weighted by molar-refractivity contribution is 7.89. The molecule has 1 fully saturated rings. The average Bonchev–Trinajstić information content (AvgIpc) is 2.65. The molecule has 110 valence electrons. The molecule has 20 heavy (non-hydrogen) atoms. The van der Waals surface area contributed by atoms with E-state index >= 15 is 0 Å². The van der Waals surface area contributed by atoms with Crippen LogP contribution in [0.4, 0.5) is 4.79 Å². The van der Waals surface area contributed by atoms with Crippen LogP contribution in [-0.2, 0) is 10.0 Å². The van der Waals surface area contributed by atoms with Crippen molar-refractivity contribution in [3.63, 3.8) is 0 Å². The zero-order valence-electron chi connectivity index (χ0n) is 10.7. The van der Waals surface area contributed by atoms with Crippen molar-refractivity contribution in [3.8, 4) is 0 Å². The molecule has 2 rings (SSSR count). The normalized spacial score (nSPS) is 17.8. The predicted molar refractivity (Wildman–Crippen MR) is 74.4 cm³/mol. The number of carboxylic acid groups (broad SMARTS) is 1. The van der Waals surface area contributed by atoms with Crippen molar-refractivity contribution < 1.29 is 18.3 Å². The lowest BCUT2D eigenvalue weighted by Gasteiger charge is -2.21. The molecule has 0 unspecified atom stereocenters. The Labute approximate surface area is 122 Å². The molecule has 1 saturated heterocycles. The number of hydrogen-bond donors (Lipinski definition) is 1. The molecule has 1 heterocycles. The summed E-state index contributed by atoms with van der Waals surface area (Å²) in [5, 5.41) is 9.12. The van der Waals surface area contributed by atoms with E-state index in [4.69, 9.17) is 16.7 Å². The molecule has 6 nitrogen and oxygen atoms in total. The van der Waals surface area contributed by atoms with E-state index in [-0.39, 0.29) is 29.6 Å². The third kappa shape index (κ3) is 3.05. The van der Waals surface area contributed by atoms with E-state index in [2.05, 4.69) is 0 Å². The zero-order chi connectivity index (χ0) is 14.8. The Hall–Kier alpha value is -1.31. The maximum absolute atomic E-state index is 12.5. The summed E-state index contributed by atoms with van der Waals surface area (Å²) in [4.78, 5) is 12.2. The first-order chi connectivity index (χ1) is 9.43. The highest BCUT2D eigenvalue weighted by atomic mass is 35.5. The second kappa shape index (κ2) is 5.99. The fourth-order valence-corrected chi connectivity index (χ4v) is 4.08. The van der Waals surface area contributed by atoms with Crippen LogP contribution < -0.4 is 0 Å². The van der Waals surface area contributed by atoms with Crippen molar-refractivity contribution in [2.75, 3.05) is 26.2 Å². The molecule has 8 heteroatoms. The molecular weight excluding hydrogens is 304 g/mol. The Morgan fingerprint density at radius 2 is 1.85 bits per heavy atom. The topological polar surface area (TPSA) is 77.9 Å². The van der Waals surface area contributed by atoms with Gasteiger partial charge in [0.05, 0.1) is 5.02 Å². The Bertz CT molecular complexity index is 605. The van der Waals surface area contributed by atoms with Crippen LogP contribution in [-0.4, -0.2) is 55.0 Å². The van der Waals surface area contributed by atoms with Crippen LogP contribution >= 0.6 is 11.6 Å². The minimum Gasteiger partial charge on any atom is -0.465 e. The second-order valence-electron chi connectivity index (χ2n) is 4.46. The average molecular weight is 319 g/mol. The molecule has 0 bridgehead atoms. The molecule has 1 aliphatic heterocycles. The molecule has 1 aliphatic rings. The molecule has 0 radical (unpaired) electrons. The lowest BCUT2D eigenvalue weighted by Crippen LogP contribution is -2.36. The van der Waals surface area contributed by atoms with E-state index in [1.165, 1.54) is 21.3 Å². The van der Waals surface area contributed by atoms with E-state index in [1.54, 1.807) is 12.1 Å². The minimum atomic E-state index is -3.68. The second-order valence-corrected chi connectivity index (χ2v) is 6.77. The summed E-state index contributed by atoms with van der Waals surface area (Å²) >= 11 is 5.94. The Kier molecular flexibility index (Phi) is 4.52. The minimum absolute atomic E-state index is 0.0606. The summed E-state index contributed by atoms with van der Waals surface area (Å²) in [6.07, 6.45) is -0.558. The molecule has 0 saturated carbocycles. The third-order valence-electron chi connectivity index (χ3n) is 3.18. The maximum Gasteiger partial charge on any atom is 0.407 e. The maximum atomic E-state index is 12.5. The van der Waals surface area contributed by atoms with Crippen LogP contribution in [0.15, 0.2) is 29.2 Å². The summed E-state index contributed by atoms with van der Waals surface area (Å²) in [5.41, 5.74) is 0. The van der Waals surface area contributed by atoms with E-state index in [1.807, 2.05) is 0 Å². The summed E-state index contributed by atoms with van der Waals surface area (Å²) in [6.45, 7) is 0.931. The summed E-state index contributed by atoms with van der Waals surface area (Å²) in [6, 6.07) is 6.25. The zero-order valence-corrected chi connectivity index (χ0v) is 12.3. The Morgan fingerprint density at radius 1 is 1.15 bits per heavy atom. The number of hydrogen-bond acceptors (Lipinski definition) is 3. The van der Waals surface area contributed by atoms with Crippen molar-refractivity contribution in [2.24, 2.45) is 0 Å². The Morgan fingerprint density at radius 3 is 2.50 bits per heavy atom. The fourth-order valence-electron chi connectivity index (χ4n) is 2.12. The van der Waals surface area contributed by atoms with Crippen molar-refractivity contribution in [1.29, 1.82) is 0 Å². The van der Waals surface area contributed by atoms with Crippen LogP contribution in [0.25, 0.3) is 0 Å². The summed E-state index contributed by atoms with van der Waals surface area (Å²) in [7, 11) is -3.68. The van der Waals surface area contributed by atoms with Gasteiger partial charge in [0.1, 0.15) is 4.90 Å². The van der Waals surface area contributed by atoms with E-state index in [9.17, 15) is 13.2 Å². The van der Waals surface area contributed by atoms with Crippen molar-refractivity contribution >= 4 is 27.7 Å². The highest BCUT2D eigenvalue weighted by Gasteiger charge is 2.29. The summed E-state index contributed by atoms with van der Waals surface area (Å²) < 4.78 is 26.3. The van der Waals surface area contributed by atoms with E-state index < -0.39 is 16.1 Å². The highest BCUT2D eigenvalue weighted by Crippen LogP contribution is 2.24. The molecule has 0 aliphatic carbocycles. The molecule has 1 N–H and O–H groups in total. The van der Waals surface area contributed by atoms with Crippen LogP contribution in [0, 0.1) is 0 Å². The first-order valence-corrected chi connectivity index (χ1v) is 7.97. The van der Waals surface area contributed by atoms with Gasteiger partial charge >= 0.3 is 6.09 Å². The fraction of sp³-hybridized carbons (Fsp3) is 0.417. The van der Waals surface area contributed by atoms with Crippen molar-refractivity contribution in [2.45, 2.75) is 11.3 Å². The van der Waals surface area contributed by atoms with E-state index in [0.717, 1.165) is 0 Å². The molecule has 0 atom stereocenters. The molecule has 1 aromatic rings. The monoisotopic (exact) mass is 318 g/mol. The number of carbonyl (C=O) groups is 1. The number of rotatable bonds is 2. The van der Waals surface area contributed by atoms with Crippen LogP contribution in [0.5, 0.6) is 0 Å². The van der Waals surface area contributed by atoms with Gasteiger partial charge in [-0.15, -0.1) is 0 Å². The Balaban J connectivity index is 2.23. The molecule has 1 amide bonds. The van der Waals surface area contributed by atoms with Crippen LogP contribution in [0.2, 0.25) is 5.02 Å². The number of benzene rings is 1.